The first-order valence-corrected chi connectivity index (χ1v) is 6.12. The lowest BCUT2D eigenvalue weighted by atomic mass is 10.3. The average Bonchev–Trinajstić information content (AvgIpc) is 2.76. The zero-order valence-electron chi connectivity index (χ0n) is 10.8. The summed E-state index contributed by atoms with van der Waals surface area (Å²) in [4.78, 5) is 15.8. The van der Waals surface area contributed by atoms with Gasteiger partial charge in [-0.05, 0) is 14.0 Å². The Morgan fingerprint density at radius 1 is 1.44 bits per heavy atom. The van der Waals surface area contributed by atoms with Crippen molar-refractivity contribution in [3.8, 4) is 0 Å². The lowest BCUT2D eigenvalue weighted by Crippen LogP contribution is -2.49. The van der Waals surface area contributed by atoms with Crippen molar-refractivity contribution in [1.82, 2.24) is 25.4 Å². The molecule has 2 heterocycles. The van der Waals surface area contributed by atoms with E-state index in [1.165, 1.54) is 0 Å². The zero-order chi connectivity index (χ0) is 13.0. The van der Waals surface area contributed by atoms with Crippen molar-refractivity contribution in [1.29, 1.82) is 0 Å². The van der Waals surface area contributed by atoms with E-state index in [-0.39, 0.29) is 5.91 Å². The minimum absolute atomic E-state index is 0.160. The molecule has 1 N–H and O–H groups in total. The number of rotatable bonds is 4. The largest absolute Gasteiger partial charge is 0.339 e. The summed E-state index contributed by atoms with van der Waals surface area (Å²) in [6.45, 7) is 6.15. The lowest BCUT2D eigenvalue weighted by molar-refractivity contribution is -0.132. The molecule has 2 rings (SSSR count). The van der Waals surface area contributed by atoms with Crippen LogP contribution in [0.2, 0.25) is 0 Å². The van der Waals surface area contributed by atoms with Gasteiger partial charge in [-0.25, -0.2) is 4.63 Å². The first kappa shape index (κ1) is 13.0. The molecule has 18 heavy (non-hydrogen) atoms. The number of nitrogens with one attached hydrogen (secondary N) is 1. The van der Waals surface area contributed by atoms with E-state index in [4.69, 9.17) is 0 Å². The molecule has 0 aromatic carbocycles. The molecule has 0 bridgehead atoms. The number of aromatic nitrogens is 2. The highest BCUT2D eigenvalue weighted by molar-refractivity contribution is 5.78. The summed E-state index contributed by atoms with van der Waals surface area (Å²) in [5.74, 6) is 0.160. The van der Waals surface area contributed by atoms with E-state index in [0.717, 1.165) is 37.6 Å². The number of carbonyl (C=O) groups is 1. The Hall–Kier alpha value is -1.47. The van der Waals surface area contributed by atoms with Gasteiger partial charge in [0.25, 0.3) is 0 Å². The van der Waals surface area contributed by atoms with Crippen molar-refractivity contribution in [2.24, 2.45) is 0 Å². The SMILES string of the molecule is Cc1nonc1CN(C)CC(=O)N1CCNCC1. The Labute approximate surface area is 106 Å². The maximum Gasteiger partial charge on any atom is 0.236 e. The second-order valence-corrected chi connectivity index (χ2v) is 4.60. The van der Waals surface area contributed by atoms with Gasteiger partial charge >= 0.3 is 0 Å². The molecular formula is C11H19N5O2. The molecule has 7 heteroatoms. The van der Waals surface area contributed by atoms with Crippen molar-refractivity contribution in [2.75, 3.05) is 39.8 Å². The summed E-state index contributed by atoms with van der Waals surface area (Å²) in [5, 5.41) is 10.8. The van der Waals surface area contributed by atoms with Crippen molar-refractivity contribution in [3.05, 3.63) is 11.4 Å². The van der Waals surface area contributed by atoms with Crippen LogP contribution in [0.1, 0.15) is 11.4 Å². The van der Waals surface area contributed by atoms with E-state index in [9.17, 15) is 4.79 Å². The van der Waals surface area contributed by atoms with E-state index in [1.807, 2.05) is 23.8 Å². The van der Waals surface area contributed by atoms with Gasteiger partial charge in [0, 0.05) is 32.7 Å². The molecule has 1 aromatic rings. The van der Waals surface area contributed by atoms with E-state index in [2.05, 4.69) is 20.3 Å². The molecule has 0 unspecified atom stereocenters. The minimum Gasteiger partial charge on any atom is -0.339 e. The molecule has 7 nitrogen and oxygen atoms in total. The summed E-state index contributed by atoms with van der Waals surface area (Å²) < 4.78 is 4.64. The summed E-state index contributed by atoms with van der Waals surface area (Å²) in [6, 6.07) is 0. The van der Waals surface area contributed by atoms with Gasteiger partial charge in [-0.1, -0.05) is 10.3 Å². The first-order chi connectivity index (χ1) is 8.66. The van der Waals surface area contributed by atoms with Gasteiger partial charge in [0.1, 0.15) is 11.4 Å². The Bertz CT molecular complexity index is 400. The molecule has 0 aliphatic carbocycles. The highest BCUT2D eigenvalue weighted by Crippen LogP contribution is 2.04. The van der Waals surface area contributed by atoms with E-state index in [1.54, 1.807) is 0 Å². The number of hydrogen-bond donors (Lipinski definition) is 1. The van der Waals surface area contributed by atoms with Gasteiger partial charge in [0.2, 0.25) is 5.91 Å². The summed E-state index contributed by atoms with van der Waals surface area (Å²) in [5.41, 5.74) is 1.56. The average molecular weight is 253 g/mol. The van der Waals surface area contributed by atoms with E-state index in [0.29, 0.717) is 13.1 Å². The number of amides is 1. The Morgan fingerprint density at radius 2 is 2.17 bits per heavy atom. The zero-order valence-corrected chi connectivity index (χ0v) is 10.8. The Morgan fingerprint density at radius 3 is 2.78 bits per heavy atom. The van der Waals surface area contributed by atoms with Gasteiger partial charge in [-0.3, -0.25) is 9.69 Å². The lowest BCUT2D eigenvalue weighted by Gasteiger charge is -2.29. The van der Waals surface area contributed by atoms with Crippen LogP contribution in [0.5, 0.6) is 0 Å². The number of aryl methyl sites for hydroxylation is 1. The monoisotopic (exact) mass is 253 g/mol. The van der Waals surface area contributed by atoms with Crippen LogP contribution in [0.4, 0.5) is 0 Å². The molecule has 0 spiro atoms. The summed E-state index contributed by atoms with van der Waals surface area (Å²) >= 11 is 0. The summed E-state index contributed by atoms with van der Waals surface area (Å²) in [6.07, 6.45) is 0. The smallest absolute Gasteiger partial charge is 0.236 e. The molecule has 1 fully saturated rings. The van der Waals surface area contributed by atoms with Crippen LogP contribution < -0.4 is 5.32 Å². The Kier molecular flexibility index (Phi) is 4.27. The van der Waals surface area contributed by atoms with Gasteiger partial charge in [-0.2, -0.15) is 0 Å². The third kappa shape index (κ3) is 3.27. The van der Waals surface area contributed by atoms with Crippen LogP contribution in [-0.2, 0) is 11.3 Å². The normalized spacial score (nSPS) is 16.3. The van der Waals surface area contributed by atoms with Crippen molar-refractivity contribution in [3.63, 3.8) is 0 Å². The molecule has 1 saturated heterocycles. The molecule has 0 saturated carbocycles. The fourth-order valence-electron chi connectivity index (χ4n) is 1.95. The van der Waals surface area contributed by atoms with Crippen LogP contribution in [0.3, 0.4) is 0 Å². The Balaban J connectivity index is 1.81. The van der Waals surface area contributed by atoms with Crippen LogP contribution in [-0.4, -0.2) is 65.8 Å². The molecule has 0 radical (unpaired) electrons. The molecule has 1 aliphatic rings. The predicted molar refractivity (Wildman–Crippen MR) is 64.8 cm³/mol. The minimum atomic E-state index is 0.160. The topological polar surface area (TPSA) is 74.5 Å². The highest BCUT2D eigenvalue weighted by atomic mass is 16.6. The number of carbonyl (C=O) groups excluding carboxylic acids is 1. The molecule has 1 aromatic heterocycles. The third-order valence-corrected chi connectivity index (χ3v) is 3.04. The van der Waals surface area contributed by atoms with Gasteiger partial charge < -0.3 is 10.2 Å². The van der Waals surface area contributed by atoms with Crippen LogP contribution >= 0.6 is 0 Å². The number of nitrogens with zero attached hydrogens (tertiary/aromatic N) is 4. The molecule has 1 aliphatic heterocycles. The summed E-state index contributed by atoms with van der Waals surface area (Å²) in [7, 11) is 1.90. The quantitative estimate of drug-likeness (QED) is 0.760. The van der Waals surface area contributed by atoms with Crippen molar-refractivity contribution in [2.45, 2.75) is 13.5 Å². The third-order valence-electron chi connectivity index (χ3n) is 3.04. The van der Waals surface area contributed by atoms with Crippen LogP contribution in [0, 0.1) is 6.92 Å². The molecular weight excluding hydrogens is 234 g/mol. The number of piperazine rings is 1. The first-order valence-electron chi connectivity index (χ1n) is 6.12. The van der Waals surface area contributed by atoms with Crippen molar-refractivity contribution < 1.29 is 9.42 Å². The fraction of sp³-hybridized carbons (Fsp3) is 0.727. The maximum absolute atomic E-state index is 12.0. The number of likely N-dealkylation sites (N-methyl/N-ethyl adjacent to an activating group) is 1. The van der Waals surface area contributed by atoms with Crippen LogP contribution in [0.25, 0.3) is 0 Å². The van der Waals surface area contributed by atoms with Crippen LogP contribution in [0.15, 0.2) is 4.63 Å². The second-order valence-electron chi connectivity index (χ2n) is 4.60. The van der Waals surface area contributed by atoms with Gasteiger partial charge in [-0.15, -0.1) is 0 Å². The molecule has 0 atom stereocenters. The fourth-order valence-corrected chi connectivity index (χ4v) is 1.95. The maximum atomic E-state index is 12.0. The van der Waals surface area contributed by atoms with Gasteiger partial charge in [0.15, 0.2) is 0 Å². The van der Waals surface area contributed by atoms with Gasteiger partial charge in [0.05, 0.1) is 6.54 Å². The molecule has 100 valence electrons. The highest BCUT2D eigenvalue weighted by Gasteiger charge is 2.18. The van der Waals surface area contributed by atoms with E-state index >= 15 is 0 Å². The second kappa shape index (κ2) is 5.92. The number of hydrogen-bond acceptors (Lipinski definition) is 6. The van der Waals surface area contributed by atoms with E-state index < -0.39 is 0 Å². The molecule has 1 amide bonds. The predicted octanol–water partition coefficient (Wildman–Crippen LogP) is -0.758. The standard InChI is InChI=1S/C11H19N5O2/c1-9-10(14-18-13-9)7-15(2)8-11(17)16-5-3-12-4-6-16/h12H,3-8H2,1-2H3. The van der Waals surface area contributed by atoms with Crippen molar-refractivity contribution >= 4 is 5.91 Å².